The first-order valence-corrected chi connectivity index (χ1v) is 11.1. The summed E-state index contributed by atoms with van der Waals surface area (Å²) in [6, 6.07) is 11.4. The maximum atomic E-state index is 16.0. The number of halogens is 4. The molecule has 3 aromatic rings. The second kappa shape index (κ2) is 11.8. The van der Waals surface area contributed by atoms with E-state index in [1.807, 2.05) is 6.07 Å². The molecular weight excluding hydrogens is 524 g/mol. The van der Waals surface area contributed by atoms with E-state index in [0.717, 1.165) is 18.3 Å². The first kappa shape index (κ1) is 28.8. The van der Waals surface area contributed by atoms with Crippen molar-refractivity contribution in [1.82, 2.24) is 9.99 Å². The van der Waals surface area contributed by atoms with Crippen LogP contribution in [0.25, 0.3) is 0 Å². The Kier molecular flexibility index (Phi) is 8.69. The molecule has 1 aromatic heterocycles. The predicted octanol–water partition coefficient (Wildman–Crippen LogP) is 3.01. The number of carbonyl (C=O) groups is 1. The number of hydrazone groups is 1. The van der Waals surface area contributed by atoms with Crippen LogP contribution in [0.4, 0.5) is 17.6 Å². The number of rotatable bonds is 8. The topological polar surface area (TPSA) is 160 Å². The molecule has 0 amide bonds. The number of hydrogen-bond donors (Lipinski definition) is 3. The van der Waals surface area contributed by atoms with Crippen LogP contribution < -0.4 is 16.4 Å². The first-order valence-electron chi connectivity index (χ1n) is 11.1. The monoisotopic (exact) mass is 546 g/mol. The van der Waals surface area contributed by atoms with Gasteiger partial charge in [0.1, 0.15) is 28.8 Å². The van der Waals surface area contributed by atoms with Gasteiger partial charge in [-0.05, 0) is 55.5 Å². The molecule has 204 valence electrons. The third-order valence-electron chi connectivity index (χ3n) is 5.42. The minimum absolute atomic E-state index is 0.0241. The largest absolute Gasteiger partial charge is 0.460 e. The Morgan fingerprint density at radius 2 is 1.82 bits per heavy atom. The number of aromatic nitrogens is 1. The molecule has 3 rings (SSSR count). The highest BCUT2D eigenvalue weighted by Gasteiger charge is 2.58. The molecule has 1 heterocycles. The molecule has 5 N–H and O–H groups in total. The van der Waals surface area contributed by atoms with Crippen LogP contribution in [0.1, 0.15) is 23.7 Å². The first-order chi connectivity index (χ1) is 18.5. The molecule has 1 atom stereocenters. The summed E-state index contributed by atoms with van der Waals surface area (Å²) in [5.41, 5.74) is -5.26. The van der Waals surface area contributed by atoms with Crippen molar-refractivity contribution in [2.45, 2.75) is 18.4 Å². The lowest BCUT2D eigenvalue weighted by Gasteiger charge is -2.38. The number of carbonyl (C=O) groups excluding carboxylic acids is 1. The van der Waals surface area contributed by atoms with Crippen LogP contribution in [0.5, 0.6) is 11.5 Å². The van der Waals surface area contributed by atoms with Crippen molar-refractivity contribution in [1.29, 1.82) is 5.26 Å². The minimum Gasteiger partial charge on any atom is -0.460 e. The summed E-state index contributed by atoms with van der Waals surface area (Å²) in [6.07, 6.45) is 0.925. The Balaban J connectivity index is 2.01. The molecule has 0 saturated heterocycles. The van der Waals surface area contributed by atoms with Gasteiger partial charge in [0, 0.05) is 11.6 Å². The summed E-state index contributed by atoms with van der Waals surface area (Å²) in [7, 11) is 0. The molecule has 0 spiro atoms. The van der Waals surface area contributed by atoms with Crippen LogP contribution in [-0.4, -0.2) is 40.1 Å². The number of esters is 1. The SMILES string of the molecule is CCOC(=O)/C(=N/N)N(N)CC(O)(c1ccc(F)cc1F)C(F)(F)c1ccc(Oc2ccc(C#N)cc2)cn1. The van der Waals surface area contributed by atoms with Crippen molar-refractivity contribution in [3.63, 3.8) is 0 Å². The summed E-state index contributed by atoms with van der Waals surface area (Å²) in [5, 5.41) is 23.6. The van der Waals surface area contributed by atoms with E-state index in [2.05, 4.69) is 10.1 Å². The summed E-state index contributed by atoms with van der Waals surface area (Å²) >= 11 is 0. The number of hydrogen-bond acceptors (Lipinski definition) is 9. The number of aliphatic hydroxyl groups is 1. The van der Waals surface area contributed by atoms with Crippen LogP contribution >= 0.6 is 0 Å². The average Bonchev–Trinajstić information content (AvgIpc) is 2.89. The normalized spacial score (nSPS) is 13.2. The zero-order valence-corrected chi connectivity index (χ0v) is 20.3. The van der Waals surface area contributed by atoms with Crippen LogP contribution in [0.15, 0.2) is 65.9 Å². The molecule has 1 unspecified atom stereocenters. The zero-order chi connectivity index (χ0) is 28.8. The van der Waals surface area contributed by atoms with Gasteiger partial charge in [0.05, 0.1) is 31.0 Å². The van der Waals surface area contributed by atoms with Gasteiger partial charge in [-0.2, -0.15) is 19.1 Å². The number of nitrogens with two attached hydrogens (primary N) is 2. The van der Waals surface area contributed by atoms with Crippen molar-refractivity contribution in [3.8, 4) is 17.6 Å². The molecular formula is C25H22F4N6O4. The summed E-state index contributed by atoms with van der Waals surface area (Å²) in [6.45, 7) is -0.0478. The van der Waals surface area contributed by atoms with Crippen molar-refractivity contribution in [2.75, 3.05) is 13.2 Å². The number of nitrogens with zero attached hydrogens (tertiary/aromatic N) is 4. The van der Waals surface area contributed by atoms with Gasteiger partial charge < -0.3 is 20.4 Å². The molecule has 0 aliphatic rings. The zero-order valence-electron chi connectivity index (χ0n) is 20.3. The number of nitriles is 1. The van der Waals surface area contributed by atoms with E-state index in [0.29, 0.717) is 23.8 Å². The number of hydrazine groups is 1. The van der Waals surface area contributed by atoms with E-state index in [-0.39, 0.29) is 23.1 Å². The Hall–Kier alpha value is -4.74. The molecule has 0 bridgehead atoms. The van der Waals surface area contributed by atoms with Crippen molar-refractivity contribution >= 4 is 11.8 Å². The average molecular weight is 546 g/mol. The lowest BCUT2D eigenvalue weighted by molar-refractivity contribution is -0.204. The highest BCUT2D eigenvalue weighted by molar-refractivity contribution is 6.35. The third kappa shape index (κ3) is 6.06. The standard InChI is InChI=1S/C25H22F4N6O4/c1-2-38-23(36)22(34-31)35(32)14-24(37,19-9-5-16(26)11-20(19)27)25(28,29)21-10-8-18(13-33-21)39-17-6-3-15(12-30)4-7-17/h3-11,13,37H,2,14,31-32H2,1H3/b34-22-. The molecule has 2 aromatic carbocycles. The lowest BCUT2D eigenvalue weighted by Crippen LogP contribution is -2.57. The molecule has 14 heteroatoms. The molecule has 0 aliphatic heterocycles. The van der Waals surface area contributed by atoms with Gasteiger partial charge in [0.25, 0.3) is 0 Å². The van der Waals surface area contributed by atoms with Crippen LogP contribution in [0.2, 0.25) is 0 Å². The highest BCUT2D eigenvalue weighted by atomic mass is 19.3. The van der Waals surface area contributed by atoms with Crippen molar-refractivity contribution in [3.05, 3.63) is 89.2 Å². The van der Waals surface area contributed by atoms with E-state index >= 15 is 8.78 Å². The van der Waals surface area contributed by atoms with E-state index < -0.39 is 52.8 Å². The molecule has 0 fully saturated rings. The van der Waals surface area contributed by atoms with Gasteiger partial charge >= 0.3 is 11.9 Å². The van der Waals surface area contributed by atoms with E-state index in [1.165, 1.54) is 31.2 Å². The highest BCUT2D eigenvalue weighted by Crippen LogP contribution is 2.46. The molecule has 10 nitrogen and oxygen atoms in total. The summed E-state index contributed by atoms with van der Waals surface area (Å²) in [4.78, 5) is 15.8. The molecule has 0 aliphatic carbocycles. The van der Waals surface area contributed by atoms with E-state index in [9.17, 15) is 18.7 Å². The van der Waals surface area contributed by atoms with Crippen molar-refractivity contribution < 1.29 is 36.9 Å². The predicted molar refractivity (Wildman–Crippen MR) is 129 cm³/mol. The smallest absolute Gasteiger partial charge is 0.377 e. The second-order valence-corrected chi connectivity index (χ2v) is 7.98. The van der Waals surface area contributed by atoms with E-state index in [1.54, 1.807) is 0 Å². The second-order valence-electron chi connectivity index (χ2n) is 7.98. The quantitative estimate of drug-likeness (QED) is 0.0964. The Morgan fingerprint density at radius 1 is 1.15 bits per heavy atom. The Morgan fingerprint density at radius 3 is 2.36 bits per heavy atom. The fourth-order valence-corrected chi connectivity index (χ4v) is 3.51. The fraction of sp³-hybridized carbons (Fsp3) is 0.200. The lowest BCUT2D eigenvalue weighted by atomic mass is 9.84. The van der Waals surface area contributed by atoms with Crippen LogP contribution in [0.3, 0.4) is 0 Å². The van der Waals surface area contributed by atoms with E-state index in [4.69, 9.17) is 26.4 Å². The number of alkyl halides is 2. The molecule has 39 heavy (non-hydrogen) atoms. The number of benzene rings is 2. The summed E-state index contributed by atoms with van der Waals surface area (Å²) < 4.78 is 70.5. The van der Waals surface area contributed by atoms with Gasteiger partial charge in [-0.3, -0.25) is 9.99 Å². The number of ether oxygens (including phenoxy) is 2. The van der Waals surface area contributed by atoms with Gasteiger partial charge in [0.2, 0.25) is 5.84 Å². The van der Waals surface area contributed by atoms with Gasteiger partial charge in [-0.25, -0.2) is 19.4 Å². The van der Waals surface area contributed by atoms with Crippen LogP contribution in [-0.2, 0) is 21.1 Å². The summed E-state index contributed by atoms with van der Waals surface area (Å²) in [5.74, 6) is 2.14. The van der Waals surface area contributed by atoms with Gasteiger partial charge in [-0.15, -0.1) is 0 Å². The van der Waals surface area contributed by atoms with Crippen LogP contribution in [0, 0.1) is 23.0 Å². The number of amidine groups is 1. The van der Waals surface area contributed by atoms with Crippen molar-refractivity contribution in [2.24, 2.45) is 16.8 Å². The maximum absolute atomic E-state index is 16.0. The van der Waals surface area contributed by atoms with Gasteiger partial charge in [-0.1, -0.05) is 0 Å². The Bertz CT molecular complexity index is 1400. The molecule has 0 saturated carbocycles. The third-order valence-corrected chi connectivity index (χ3v) is 5.42. The number of pyridine rings is 1. The maximum Gasteiger partial charge on any atom is 0.377 e. The fourth-order valence-electron chi connectivity index (χ4n) is 3.51. The molecule has 0 radical (unpaired) electrons. The minimum atomic E-state index is -4.40. The van der Waals surface area contributed by atoms with Gasteiger partial charge in [0.15, 0.2) is 5.60 Å². The Labute approximate surface area is 219 Å².